The molecule has 38 heavy (non-hydrogen) atoms. The third-order valence-electron chi connectivity index (χ3n) is 7.51. The number of piperazine rings is 1. The molecule has 1 unspecified atom stereocenters. The second-order valence-electron chi connectivity index (χ2n) is 11.0. The minimum atomic E-state index is -3.71. The molecule has 3 amide bonds. The van der Waals surface area contributed by atoms with E-state index in [1.54, 1.807) is 29.2 Å². The molecular formula is C27H31FN4O5S. The number of piperidine rings is 1. The molecule has 11 heteroatoms. The van der Waals surface area contributed by atoms with E-state index in [2.05, 4.69) is 5.32 Å². The van der Waals surface area contributed by atoms with Crippen LogP contribution in [-0.2, 0) is 31.6 Å². The van der Waals surface area contributed by atoms with Crippen LogP contribution >= 0.6 is 0 Å². The molecule has 0 aliphatic carbocycles. The van der Waals surface area contributed by atoms with Gasteiger partial charge in [0.25, 0.3) is 5.91 Å². The van der Waals surface area contributed by atoms with Crippen LogP contribution < -0.4 is 10.2 Å². The number of amides is 3. The molecule has 2 aromatic carbocycles. The van der Waals surface area contributed by atoms with Crippen LogP contribution in [0.15, 0.2) is 41.3 Å². The fraction of sp³-hybridized carbons (Fsp3) is 0.444. The van der Waals surface area contributed by atoms with Crippen molar-refractivity contribution in [1.29, 1.82) is 0 Å². The van der Waals surface area contributed by atoms with Gasteiger partial charge in [-0.1, -0.05) is 32.9 Å². The summed E-state index contributed by atoms with van der Waals surface area (Å²) in [5.74, 6) is -1.90. The lowest BCUT2D eigenvalue weighted by molar-refractivity contribution is -0.136. The van der Waals surface area contributed by atoms with Gasteiger partial charge in [-0.3, -0.25) is 19.7 Å². The Labute approximate surface area is 221 Å². The number of rotatable bonds is 4. The molecule has 3 aliphatic heterocycles. The predicted octanol–water partition coefficient (Wildman–Crippen LogP) is 2.40. The minimum absolute atomic E-state index is 0.143. The van der Waals surface area contributed by atoms with E-state index in [4.69, 9.17) is 0 Å². The Morgan fingerprint density at radius 3 is 2.37 bits per heavy atom. The number of benzene rings is 2. The fourth-order valence-corrected chi connectivity index (χ4v) is 6.73. The van der Waals surface area contributed by atoms with E-state index in [1.165, 1.54) is 15.3 Å². The average molecular weight is 543 g/mol. The van der Waals surface area contributed by atoms with Crippen molar-refractivity contribution in [2.45, 2.75) is 56.5 Å². The Balaban J connectivity index is 1.31. The van der Waals surface area contributed by atoms with Crippen molar-refractivity contribution in [3.63, 3.8) is 0 Å². The highest BCUT2D eigenvalue weighted by Gasteiger charge is 2.40. The Kier molecular flexibility index (Phi) is 6.55. The molecule has 9 nitrogen and oxygen atoms in total. The molecular weight excluding hydrogens is 511 g/mol. The standard InChI is InChI=1S/C27H31FN4O5S/c1-27(2,3)18-5-4-6-19(14-18)38(36,37)31-11-9-30(10-12-31)23-13-17-16-32(26(35)20(17)15-21(23)28)22-7-8-24(33)29-25(22)34/h4-6,13-15,22H,7-12,16H2,1-3H3,(H,29,33,34). The van der Waals surface area contributed by atoms with E-state index in [1.807, 2.05) is 26.8 Å². The average Bonchev–Trinajstić information content (AvgIpc) is 3.18. The van der Waals surface area contributed by atoms with Crippen LogP contribution in [0.25, 0.3) is 0 Å². The lowest BCUT2D eigenvalue weighted by atomic mass is 9.87. The lowest BCUT2D eigenvalue weighted by Crippen LogP contribution is -2.52. The maximum atomic E-state index is 15.2. The third-order valence-corrected chi connectivity index (χ3v) is 9.40. The first-order chi connectivity index (χ1) is 17.9. The zero-order chi connectivity index (χ0) is 27.4. The summed E-state index contributed by atoms with van der Waals surface area (Å²) in [6.07, 6.45) is 0.374. The molecule has 0 aromatic heterocycles. The number of imide groups is 1. The number of hydrogen-bond acceptors (Lipinski definition) is 6. The summed E-state index contributed by atoms with van der Waals surface area (Å²) < 4.78 is 43.3. The van der Waals surface area contributed by atoms with Crippen molar-refractivity contribution in [3.05, 3.63) is 58.9 Å². The summed E-state index contributed by atoms with van der Waals surface area (Å²) in [5.41, 5.74) is 1.85. The molecule has 5 rings (SSSR count). The van der Waals surface area contributed by atoms with E-state index in [9.17, 15) is 22.8 Å². The molecule has 2 saturated heterocycles. The predicted molar refractivity (Wildman–Crippen MR) is 139 cm³/mol. The van der Waals surface area contributed by atoms with Crippen LogP contribution in [-0.4, -0.2) is 67.6 Å². The molecule has 0 radical (unpaired) electrons. The second-order valence-corrected chi connectivity index (χ2v) is 13.0. The Morgan fingerprint density at radius 1 is 1.00 bits per heavy atom. The van der Waals surface area contributed by atoms with E-state index >= 15 is 4.39 Å². The lowest BCUT2D eigenvalue weighted by Gasteiger charge is -2.35. The smallest absolute Gasteiger partial charge is 0.255 e. The highest BCUT2D eigenvalue weighted by Crippen LogP contribution is 2.33. The van der Waals surface area contributed by atoms with Crippen LogP contribution in [0, 0.1) is 5.82 Å². The Morgan fingerprint density at radius 2 is 1.71 bits per heavy atom. The van der Waals surface area contributed by atoms with Crippen LogP contribution in [0.4, 0.5) is 10.1 Å². The summed E-state index contributed by atoms with van der Waals surface area (Å²) in [6.45, 7) is 7.20. The number of nitrogens with zero attached hydrogens (tertiary/aromatic N) is 3. The first-order valence-electron chi connectivity index (χ1n) is 12.7. The number of nitrogens with one attached hydrogen (secondary N) is 1. The quantitative estimate of drug-likeness (QED) is 0.595. The van der Waals surface area contributed by atoms with Crippen molar-refractivity contribution < 1.29 is 27.2 Å². The van der Waals surface area contributed by atoms with Gasteiger partial charge in [-0.2, -0.15) is 4.31 Å². The third kappa shape index (κ3) is 4.69. The number of fused-ring (bicyclic) bond motifs is 1. The van der Waals surface area contributed by atoms with Gasteiger partial charge in [-0.25, -0.2) is 12.8 Å². The number of carbonyl (C=O) groups is 3. The monoisotopic (exact) mass is 542 g/mol. The minimum Gasteiger partial charge on any atom is -0.367 e. The maximum absolute atomic E-state index is 15.2. The highest BCUT2D eigenvalue weighted by atomic mass is 32.2. The second kappa shape index (κ2) is 9.46. The van der Waals surface area contributed by atoms with Crippen molar-refractivity contribution in [2.75, 3.05) is 31.1 Å². The molecule has 2 aromatic rings. The fourth-order valence-electron chi connectivity index (χ4n) is 5.26. The van der Waals surface area contributed by atoms with Crippen molar-refractivity contribution in [3.8, 4) is 0 Å². The van der Waals surface area contributed by atoms with Crippen molar-refractivity contribution in [2.24, 2.45) is 0 Å². The molecule has 1 atom stereocenters. The highest BCUT2D eigenvalue weighted by molar-refractivity contribution is 7.89. The van der Waals surface area contributed by atoms with E-state index in [0.29, 0.717) is 24.3 Å². The number of sulfonamides is 1. The molecule has 1 N–H and O–H groups in total. The molecule has 202 valence electrons. The van der Waals surface area contributed by atoms with Gasteiger partial charge in [0.05, 0.1) is 10.6 Å². The normalized spacial score (nSPS) is 21.1. The molecule has 3 aliphatic rings. The summed E-state index contributed by atoms with van der Waals surface area (Å²) in [7, 11) is -3.71. The molecule has 2 fully saturated rings. The zero-order valence-corrected chi connectivity index (χ0v) is 22.5. The molecule has 3 heterocycles. The van der Waals surface area contributed by atoms with Crippen LogP contribution in [0.2, 0.25) is 0 Å². The van der Waals surface area contributed by atoms with Gasteiger partial charge in [0.1, 0.15) is 11.9 Å². The van der Waals surface area contributed by atoms with Gasteiger partial charge in [-0.05, 0) is 47.2 Å². The number of carbonyl (C=O) groups excluding carboxylic acids is 3. The van der Waals surface area contributed by atoms with Gasteiger partial charge in [-0.15, -0.1) is 0 Å². The van der Waals surface area contributed by atoms with E-state index in [-0.39, 0.29) is 54.3 Å². The molecule has 0 spiro atoms. The van der Waals surface area contributed by atoms with Gasteiger partial charge >= 0.3 is 0 Å². The van der Waals surface area contributed by atoms with Crippen molar-refractivity contribution >= 4 is 33.4 Å². The Bertz CT molecular complexity index is 1430. The zero-order valence-electron chi connectivity index (χ0n) is 21.7. The number of halogens is 1. The van der Waals surface area contributed by atoms with Gasteiger partial charge < -0.3 is 9.80 Å². The summed E-state index contributed by atoms with van der Waals surface area (Å²) in [6, 6.07) is 9.02. The number of hydrogen-bond donors (Lipinski definition) is 1. The van der Waals surface area contributed by atoms with Crippen molar-refractivity contribution in [1.82, 2.24) is 14.5 Å². The van der Waals surface area contributed by atoms with Gasteiger partial charge in [0.2, 0.25) is 21.8 Å². The molecule has 0 saturated carbocycles. The van der Waals surface area contributed by atoms with E-state index in [0.717, 1.165) is 5.56 Å². The largest absolute Gasteiger partial charge is 0.367 e. The van der Waals surface area contributed by atoms with Crippen LogP contribution in [0.5, 0.6) is 0 Å². The summed E-state index contributed by atoms with van der Waals surface area (Å²) in [5, 5.41) is 2.26. The first kappa shape index (κ1) is 26.3. The van der Waals surface area contributed by atoms with E-state index < -0.39 is 33.7 Å². The first-order valence-corrected chi connectivity index (χ1v) is 14.1. The summed E-state index contributed by atoms with van der Waals surface area (Å²) in [4.78, 5) is 40.1. The van der Waals surface area contributed by atoms with Gasteiger partial charge in [0, 0.05) is 44.7 Å². The van der Waals surface area contributed by atoms with Gasteiger partial charge in [0.15, 0.2) is 0 Å². The van der Waals surface area contributed by atoms with Crippen LogP contribution in [0.1, 0.15) is 55.1 Å². The van der Waals surface area contributed by atoms with Crippen LogP contribution in [0.3, 0.4) is 0 Å². The SMILES string of the molecule is CC(C)(C)c1cccc(S(=O)(=O)N2CCN(c3cc4c(cc3F)C(=O)N(C3CCC(=O)NC3=O)C4)CC2)c1. The molecule has 0 bridgehead atoms. The maximum Gasteiger partial charge on any atom is 0.255 e. The Hall–Kier alpha value is -3.31. The number of anilines is 1. The topological polar surface area (TPSA) is 107 Å². The summed E-state index contributed by atoms with van der Waals surface area (Å²) >= 11 is 0.